The molecule has 0 unspecified atom stereocenters. The van der Waals surface area contributed by atoms with Gasteiger partial charge in [0, 0.05) is 20.3 Å². The Morgan fingerprint density at radius 2 is 1.63 bits per heavy atom. The summed E-state index contributed by atoms with van der Waals surface area (Å²) in [5.74, 6) is 0. The largest absolute Gasteiger partial charge is 0.329 e. The van der Waals surface area contributed by atoms with Crippen molar-refractivity contribution in [3.8, 4) is 0 Å². The second-order valence-electron chi connectivity index (χ2n) is 4.99. The molecule has 1 heterocycles. The normalized spacial score (nSPS) is 11.9. The van der Waals surface area contributed by atoms with E-state index in [2.05, 4.69) is 24.0 Å². The maximum atomic E-state index is 11.9. The van der Waals surface area contributed by atoms with Crippen LogP contribution in [0.2, 0.25) is 0 Å². The summed E-state index contributed by atoms with van der Waals surface area (Å²) in [6.07, 6.45) is 1.74. The quantitative estimate of drug-likeness (QED) is 0.769. The maximum absolute atomic E-state index is 11.9. The van der Waals surface area contributed by atoms with E-state index in [1.807, 2.05) is 19.9 Å². The van der Waals surface area contributed by atoms with Crippen LogP contribution in [0.15, 0.2) is 34.2 Å². The third kappa shape index (κ3) is 2.52. The molecule has 0 amide bonds. The van der Waals surface area contributed by atoms with Crippen LogP contribution in [-0.2, 0) is 14.1 Å². The van der Waals surface area contributed by atoms with Gasteiger partial charge in [0.25, 0.3) is 0 Å². The Bertz CT molecular complexity index is 728. The van der Waals surface area contributed by atoms with Gasteiger partial charge in [-0.15, -0.1) is 0 Å². The van der Waals surface area contributed by atoms with Crippen molar-refractivity contribution in [2.24, 2.45) is 19.1 Å². The first-order chi connectivity index (χ1) is 8.90. The van der Waals surface area contributed by atoms with Crippen molar-refractivity contribution in [3.05, 3.63) is 57.1 Å². The highest BCUT2D eigenvalue weighted by Crippen LogP contribution is 2.24. The molecule has 0 bridgehead atoms. The Hall–Kier alpha value is -2.10. The second kappa shape index (κ2) is 4.88. The van der Waals surface area contributed by atoms with Crippen LogP contribution in [0, 0.1) is 20.8 Å². The Labute approximate surface area is 112 Å². The lowest BCUT2D eigenvalue weighted by atomic mass is 10.1. The van der Waals surface area contributed by atoms with Gasteiger partial charge < -0.3 is 4.57 Å². The molecular weight excluding hydrogens is 238 g/mol. The molecule has 19 heavy (non-hydrogen) atoms. The zero-order valence-electron chi connectivity index (χ0n) is 12.1. The van der Waals surface area contributed by atoms with E-state index in [1.165, 1.54) is 10.1 Å². The number of nitrogens with zero attached hydrogens (tertiary/aromatic N) is 3. The number of benzene rings is 1. The fourth-order valence-corrected chi connectivity index (χ4v) is 2.26. The van der Waals surface area contributed by atoms with Crippen molar-refractivity contribution in [1.29, 1.82) is 0 Å². The van der Waals surface area contributed by atoms with Gasteiger partial charge in [0.2, 0.25) is 0 Å². The summed E-state index contributed by atoms with van der Waals surface area (Å²) in [5.41, 5.74) is 5.00. The van der Waals surface area contributed by atoms with Crippen LogP contribution in [0.4, 0.5) is 5.69 Å². The molecule has 0 aliphatic heterocycles. The predicted octanol–water partition coefficient (Wildman–Crippen LogP) is 1.88. The monoisotopic (exact) mass is 257 g/mol. The summed E-state index contributed by atoms with van der Waals surface area (Å²) in [6.45, 7) is 6.15. The lowest BCUT2D eigenvalue weighted by Crippen LogP contribution is -2.36. The van der Waals surface area contributed by atoms with E-state index in [0.717, 1.165) is 16.8 Å². The van der Waals surface area contributed by atoms with Gasteiger partial charge >= 0.3 is 5.69 Å². The standard InChI is InChI=1S/C15H19N3O/c1-10-8-11(2)14(12(3)9-10)16-13-6-7-17(4)15(19)18(13)5/h6-9H,1-5H3. The molecule has 0 radical (unpaired) electrons. The molecule has 0 aliphatic rings. The topological polar surface area (TPSA) is 39.3 Å². The van der Waals surface area contributed by atoms with E-state index in [9.17, 15) is 4.79 Å². The first kappa shape index (κ1) is 13.3. The molecule has 0 saturated carbocycles. The fraction of sp³-hybridized carbons (Fsp3) is 0.333. The highest BCUT2D eigenvalue weighted by Gasteiger charge is 2.03. The van der Waals surface area contributed by atoms with E-state index in [-0.39, 0.29) is 5.69 Å². The van der Waals surface area contributed by atoms with Gasteiger partial charge in [0.05, 0.1) is 5.69 Å². The van der Waals surface area contributed by atoms with Crippen LogP contribution in [0.1, 0.15) is 16.7 Å². The number of rotatable bonds is 1. The molecule has 0 N–H and O–H groups in total. The third-order valence-corrected chi connectivity index (χ3v) is 3.24. The zero-order chi connectivity index (χ0) is 14.2. The maximum Gasteiger partial charge on any atom is 0.329 e. The Morgan fingerprint density at radius 1 is 1.05 bits per heavy atom. The predicted molar refractivity (Wildman–Crippen MR) is 76.5 cm³/mol. The molecule has 100 valence electrons. The lowest BCUT2D eigenvalue weighted by molar-refractivity contribution is 0.675. The van der Waals surface area contributed by atoms with Gasteiger partial charge in [-0.1, -0.05) is 17.7 Å². The minimum atomic E-state index is -0.0799. The van der Waals surface area contributed by atoms with Crippen LogP contribution in [-0.4, -0.2) is 9.13 Å². The minimum absolute atomic E-state index is 0.0799. The summed E-state index contributed by atoms with van der Waals surface area (Å²) in [4.78, 5) is 16.5. The van der Waals surface area contributed by atoms with Gasteiger partial charge in [-0.05, 0) is 38.0 Å². The molecule has 0 spiro atoms. The van der Waals surface area contributed by atoms with E-state index >= 15 is 0 Å². The van der Waals surface area contributed by atoms with Gasteiger partial charge in [0.15, 0.2) is 0 Å². The van der Waals surface area contributed by atoms with Crippen LogP contribution in [0.3, 0.4) is 0 Å². The highest BCUT2D eigenvalue weighted by molar-refractivity contribution is 5.53. The van der Waals surface area contributed by atoms with E-state index in [0.29, 0.717) is 5.49 Å². The van der Waals surface area contributed by atoms with E-state index in [1.54, 1.807) is 24.9 Å². The summed E-state index contributed by atoms with van der Waals surface area (Å²) >= 11 is 0. The molecule has 1 aromatic heterocycles. The number of hydrogen-bond acceptors (Lipinski definition) is 2. The minimum Gasteiger partial charge on any atom is -0.304 e. The van der Waals surface area contributed by atoms with Crippen molar-refractivity contribution >= 4 is 5.69 Å². The highest BCUT2D eigenvalue weighted by atomic mass is 16.1. The summed E-state index contributed by atoms with van der Waals surface area (Å²) in [6, 6.07) is 6.06. The first-order valence-electron chi connectivity index (χ1n) is 6.25. The SMILES string of the molecule is Cc1cc(C)c(N=c2ccn(C)c(=O)n2C)c(C)c1. The summed E-state index contributed by atoms with van der Waals surface area (Å²) in [5, 5.41) is 0. The van der Waals surface area contributed by atoms with Gasteiger partial charge in [-0.2, -0.15) is 0 Å². The van der Waals surface area contributed by atoms with Crippen LogP contribution >= 0.6 is 0 Å². The first-order valence-corrected chi connectivity index (χ1v) is 6.25. The fourth-order valence-electron chi connectivity index (χ4n) is 2.26. The van der Waals surface area contributed by atoms with Crippen molar-refractivity contribution < 1.29 is 0 Å². The van der Waals surface area contributed by atoms with Gasteiger partial charge in [0.1, 0.15) is 5.49 Å². The third-order valence-electron chi connectivity index (χ3n) is 3.24. The number of hydrogen-bond donors (Lipinski definition) is 0. The molecule has 0 aliphatic carbocycles. The van der Waals surface area contributed by atoms with E-state index in [4.69, 9.17) is 0 Å². The van der Waals surface area contributed by atoms with Crippen molar-refractivity contribution in [2.45, 2.75) is 20.8 Å². The molecule has 0 atom stereocenters. The molecular formula is C15H19N3O. The molecule has 0 saturated heterocycles. The molecule has 2 rings (SSSR count). The smallest absolute Gasteiger partial charge is 0.304 e. The van der Waals surface area contributed by atoms with Gasteiger partial charge in [-0.3, -0.25) is 4.57 Å². The van der Waals surface area contributed by atoms with Crippen molar-refractivity contribution in [3.63, 3.8) is 0 Å². The lowest BCUT2D eigenvalue weighted by Gasteiger charge is -2.08. The Balaban J connectivity index is 2.73. The van der Waals surface area contributed by atoms with E-state index < -0.39 is 0 Å². The average Bonchev–Trinajstić information content (AvgIpc) is 2.33. The molecule has 2 aromatic rings. The Morgan fingerprint density at radius 3 is 2.21 bits per heavy atom. The number of aryl methyl sites for hydroxylation is 4. The average molecular weight is 257 g/mol. The summed E-state index contributed by atoms with van der Waals surface area (Å²) < 4.78 is 3.09. The number of aromatic nitrogens is 2. The molecule has 4 heteroatoms. The van der Waals surface area contributed by atoms with Crippen LogP contribution in [0.5, 0.6) is 0 Å². The van der Waals surface area contributed by atoms with Crippen molar-refractivity contribution in [2.75, 3.05) is 0 Å². The zero-order valence-corrected chi connectivity index (χ0v) is 12.1. The molecule has 1 aromatic carbocycles. The molecule has 4 nitrogen and oxygen atoms in total. The van der Waals surface area contributed by atoms with Crippen molar-refractivity contribution in [1.82, 2.24) is 9.13 Å². The summed E-state index contributed by atoms with van der Waals surface area (Å²) in [7, 11) is 3.47. The Kier molecular flexibility index (Phi) is 3.42. The van der Waals surface area contributed by atoms with Crippen LogP contribution in [0.25, 0.3) is 0 Å². The van der Waals surface area contributed by atoms with Crippen LogP contribution < -0.4 is 11.2 Å². The van der Waals surface area contributed by atoms with Gasteiger partial charge in [-0.25, -0.2) is 9.79 Å². The second-order valence-corrected chi connectivity index (χ2v) is 4.99. The molecule has 0 fully saturated rings.